The largest absolute Gasteiger partial charge is 0.496 e. The number of para-hydroxylation sites is 2. The maximum absolute atomic E-state index is 5.49. The second-order valence-electron chi connectivity index (χ2n) is 5.29. The van der Waals surface area contributed by atoms with Crippen LogP contribution >= 0.6 is 15.9 Å². The van der Waals surface area contributed by atoms with E-state index in [2.05, 4.69) is 63.1 Å². The molecule has 0 saturated carbocycles. The molecule has 110 valence electrons. The zero-order valence-corrected chi connectivity index (χ0v) is 13.9. The lowest BCUT2D eigenvalue weighted by atomic mass is 10.1. The Labute approximate surface area is 134 Å². The molecule has 2 aromatic rings. The van der Waals surface area contributed by atoms with E-state index in [-0.39, 0.29) is 0 Å². The van der Waals surface area contributed by atoms with Crippen LogP contribution in [-0.4, -0.2) is 27.2 Å². The molecule has 0 spiro atoms. The molecule has 0 atom stereocenters. The lowest BCUT2D eigenvalue weighted by molar-refractivity contribution is 0.409. The van der Waals surface area contributed by atoms with Crippen LogP contribution in [0.3, 0.4) is 0 Å². The number of nitrogens with zero attached hydrogens (tertiary/aromatic N) is 2. The quantitative estimate of drug-likeness (QED) is 0.837. The molecule has 0 aliphatic carbocycles. The van der Waals surface area contributed by atoms with Crippen molar-refractivity contribution in [3.05, 3.63) is 52.5 Å². The number of anilines is 2. The van der Waals surface area contributed by atoms with E-state index in [1.54, 1.807) is 7.11 Å². The van der Waals surface area contributed by atoms with E-state index in [0.29, 0.717) is 0 Å². The van der Waals surface area contributed by atoms with E-state index in [9.17, 15) is 0 Å². The Hall–Kier alpha value is -1.68. The van der Waals surface area contributed by atoms with Crippen molar-refractivity contribution >= 4 is 27.3 Å². The summed E-state index contributed by atoms with van der Waals surface area (Å²) < 4.78 is 6.58. The van der Waals surface area contributed by atoms with Gasteiger partial charge in [-0.3, -0.25) is 0 Å². The normalized spacial score (nSPS) is 14.0. The number of rotatable bonds is 3. The first-order valence-corrected chi connectivity index (χ1v) is 7.86. The third-order valence-electron chi connectivity index (χ3n) is 3.94. The van der Waals surface area contributed by atoms with Crippen molar-refractivity contribution in [3.8, 4) is 5.75 Å². The molecule has 4 heteroatoms. The Morgan fingerprint density at radius 3 is 2.62 bits per heavy atom. The lowest BCUT2D eigenvalue weighted by Gasteiger charge is -2.37. The summed E-state index contributed by atoms with van der Waals surface area (Å²) in [6, 6.07) is 14.7. The number of hydrogen-bond acceptors (Lipinski definition) is 3. The van der Waals surface area contributed by atoms with Crippen LogP contribution in [0.15, 0.2) is 46.9 Å². The fourth-order valence-corrected chi connectivity index (χ4v) is 3.22. The van der Waals surface area contributed by atoms with E-state index in [1.165, 1.54) is 16.9 Å². The third-order valence-corrected chi connectivity index (χ3v) is 4.44. The summed E-state index contributed by atoms with van der Waals surface area (Å²) in [5.74, 6) is 0.939. The van der Waals surface area contributed by atoms with Gasteiger partial charge in [0.25, 0.3) is 0 Å². The number of ether oxygens (including phenoxy) is 1. The predicted molar refractivity (Wildman–Crippen MR) is 91.5 cm³/mol. The third kappa shape index (κ3) is 2.86. The van der Waals surface area contributed by atoms with Crippen molar-refractivity contribution in [2.45, 2.75) is 6.54 Å². The fourth-order valence-electron chi connectivity index (χ4n) is 2.81. The highest BCUT2D eigenvalue weighted by Gasteiger charge is 2.20. The van der Waals surface area contributed by atoms with Gasteiger partial charge in [0.05, 0.1) is 18.5 Å². The number of hydrogen-bond donors (Lipinski definition) is 0. The Morgan fingerprint density at radius 1 is 1.10 bits per heavy atom. The van der Waals surface area contributed by atoms with E-state index in [1.807, 2.05) is 12.1 Å². The topological polar surface area (TPSA) is 15.7 Å². The summed E-state index contributed by atoms with van der Waals surface area (Å²) in [7, 11) is 3.88. The van der Waals surface area contributed by atoms with Crippen LogP contribution in [-0.2, 0) is 6.54 Å². The van der Waals surface area contributed by atoms with E-state index in [0.717, 1.165) is 29.9 Å². The summed E-state index contributed by atoms with van der Waals surface area (Å²) in [5, 5.41) is 0. The van der Waals surface area contributed by atoms with Crippen LogP contribution in [0.4, 0.5) is 11.4 Å². The molecular formula is C17H19BrN2O. The van der Waals surface area contributed by atoms with Crippen LogP contribution in [0.25, 0.3) is 0 Å². The summed E-state index contributed by atoms with van der Waals surface area (Å²) in [6.07, 6.45) is 0. The molecule has 3 nitrogen and oxygen atoms in total. The second-order valence-corrected chi connectivity index (χ2v) is 6.20. The van der Waals surface area contributed by atoms with Gasteiger partial charge in [0.1, 0.15) is 5.75 Å². The van der Waals surface area contributed by atoms with E-state index >= 15 is 0 Å². The lowest BCUT2D eigenvalue weighted by Crippen LogP contribution is -2.38. The van der Waals surface area contributed by atoms with Crippen LogP contribution in [0.2, 0.25) is 0 Å². The van der Waals surface area contributed by atoms with Gasteiger partial charge >= 0.3 is 0 Å². The zero-order valence-electron chi connectivity index (χ0n) is 12.3. The number of fused-ring (bicyclic) bond motifs is 1. The highest BCUT2D eigenvalue weighted by atomic mass is 79.9. The maximum Gasteiger partial charge on any atom is 0.123 e. The average molecular weight is 347 g/mol. The average Bonchev–Trinajstić information content (AvgIpc) is 2.51. The minimum atomic E-state index is 0.855. The highest BCUT2D eigenvalue weighted by molar-refractivity contribution is 9.10. The number of likely N-dealkylation sites (N-methyl/N-ethyl adjacent to an activating group) is 1. The molecule has 2 aromatic carbocycles. The van der Waals surface area contributed by atoms with Crippen molar-refractivity contribution in [1.82, 2.24) is 0 Å². The predicted octanol–water partition coefficient (Wildman–Crippen LogP) is 3.91. The Morgan fingerprint density at radius 2 is 1.86 bits per heavy atom. The molecule has 0 unspecified atom stereocenters. The first-order chi connectivity index (χ1) is 10.2. The monoisotopic (exact) mass is 346 g/mol. The van der Waals surface area contributed by atoms with E-state index < -0.39 is 0 Å². The summed E-state index contributed by atoms with van der Waals surface area (Å²) in [6.45, 7) is 2.91. The van der Waals surface area contributed by atoms with Crippen molar-refractivity contribution in [2.24, 2.45) is 0 Å². The van der Waals surface area contributed by atoms with Gasteiger partial charge in [0.2, 0.25) is 0 Å². The summed E-state index contributed by atoms with van der Waals surface area (Å²) in [5.41, 5.74) is 3.78. The van der Waals surface area contributed by atoms with Gasteiger partial charge in [-0.25, -0.2) is 0 Å². The van der Waals surface area contributed by atoms with Crippen molar-refractivity contribution in [2.75, 3.05) is 37.0 Å². The van der Waals surface area contributed by atoms with Gasteiger partial charge in [-0.05, 0) is 30.3 Å². The minimum Gasteiger partial charge on any atom is -0.496 e. The van der Waals surface area contributed by atoms with E-state index in [4.69, 9.17) is 4.74 Å². The summed E-state index contributed by atoms with van der Waals surface area (Å²) in [4.78, 5) is 4.73. The van der Waals surface area contributed by atoms with Gasteiger partial charge in [-0.2, -0.15) is 0 Å². The Kier molecular flexibility index (Phi) is 4.06. The molecule has 0 fully saturated rings. The molecule has 1 aliphatic heterocycles. The smallest absolute Gasteiger partial charge is 0.123 e. The Balaban J connectivity index is 1.93. The molecule has 0 aromatic heterocycles. The number of methoxy groups -OCH3 is 1. The molecule has 0 amide bonds. The van der Waals surface area contributed by atoms with Crippen LogP contribution in [0, 0.1) is 0 Å². The van der Waals surface area contributed by atoms with Gasteiger partial charge in [0.15, 0.2) is 0 Å². The van der Waals surface area contributed by atoms with Crippen LogP contribution in [0.5, 0.6) is 5.75 Å². The first kappa shape index (κ1) is 14.3. The van der Waals surface area contributed by atoms with Gasteiger partial charge in [0, 0.05) is 36.7 Å². The molecule has 0 N–H and O–H groups in total. The summed E-state index contributed by atoms with van der Waals surface area (Å²) >= 11 is 3.55. The molecule has 1 heterocycles. The highest BCUT2D eigenvalue weighted by Crippen LogP contribution is 2.34. The molecule has 1 aliphatic rings. The molecule has 21 heavy (non-hydrogen) atoms. The van der Waals surface area contributed by atoms with Crippen molar-refractivity contribution in [1.29, 1.82) is 0 Å². The van der Waals surface area contributed by atoms with Gasteiger partial charge in [-0.15, -0.1) is 0 Å². The molecule has 3 rings (SSSR count). The Bertz CT molecular complexity index is 644. The molecular weight excluding hydrogens is 328 g/mol. The van der Waals surface area contributed by atoms with Crippen molar-refractivity contribution in [3.63, 3.8) is 0 Å². The zero-order chi connectivity index (χ0) is 14.8. The SMILES string of the molecule is COc1ccc(Br)cc1CN1CCN(C)c2ccccc21. The minimum absolute atomic E-state index is 0.855. The molecule has 0 bridgehead atoms. The van der Waals surface area contributed by atoms with Crippen LogP contribution < -0.4 is 14.5 Å². The molecule has 0 saturated heterocycles. The first-order valence-electron chi connectivity index (χ1n) is 7.06. The maximum atomic E-state index is 5.49. The number of halogens is 1. The fraction of sp³-hybridized carbons (Fsp3) is 0.294. The van der Waals surface area contributed by atoms with Crippen molar-refractivity contribution < 1.29 is 4.74 Å². The van der Waals surface area contributed by atoms with Gasteiger partial charge < -0.3 is 14.5 Å². The van der Waals surface area contributed by atoms with Crippen LogP contribution in [0.1, 0.15) is 5.56 Å². The van der Waals surface area contributed by atoms with Gasteiger partial charge in [-0.1, -0.05) is 28.1 Å². The molecule has 0 radical (unpaired) electrons. The number of benzene rings is 2. The second kappa shape index (κ2) is 5.98. The standard InChI is InChI=1S/C17H19BrN2O/c1-19-9-10-20(16-6-4-3-5-15(16)19)12-13-11-14(18)7-8-17(13)21-2/h3-8,11H,9-10,12H2,1-2H3.